The molecule has 1 aromatic rings. The van der Waals surface area contributed by atoms with Gasteiger partial charge in [-0.2, -0.15) is 0 Å². The number of hydrogen-bond acceptors (Lipinski definition) is 4. The minimum Gasteiger partial charge on any atom is -0.376 e. The van der Waals surface area contributed by atoms with Crippen LogP contribution in [0.5, 0.6) is 0 Å². The SMILES string of the molecule is CCCNc1nccc(C(=O)N(C)C2CCOC2C)c1F. The highest BCUT2D eigenvalue weighted by molar-refractivity contribution is 5.95. The zero-order valence-corrected chi connectivity index (χ0v) is 12.7. The Morgan fingerprint density at radius 1 is 1.62 bits per heavy atom. The van der Waals surface area contributed by atoms with Gasteiger partial charge in [0, 0.05) is 26.4 Å². The number of carbonyl (C=O) groups excluding carboxylic acids is 1. The first-order valence-corrected chi connectivity index (χ1v) is 7.33. The summed E-state index contributed by atoms with van der Waals surface area (Å²) < 4.78 is 19.9. The van der Waals surface area contributed by atoms with E-state index in [9.17, 15) is 9.18 Å². The van der Waals surface area contributed by atoms with Crippen LogP contribution in [-0.2, 0) is 4.74 Å². The molecule has 0 spiro atoms. The van der Waals surface area contributed by atoms with Crippen LogP contribution in [0, 0.1) is 5.82 Å². The summed E-state index contributed by atoms with van der Waals surface area (Å²) in [6.07, 6.45) is 3.06. The Morgan fingerprint density at radius 3 is 3.00 bits per heavy atom. The van der Waals surface area contributed by atoms with Crippen molar-refractivity contribution < 1.29 is 13.9 Å². The van der Waals surface area contributed by atoms with Crippen LogP contribution >= 0.6 is 0 Å². The van der Waals surface area contributed by atoms with Gasteiger partial charge in [0.2, 0.25) is 0 Å². The van der Waals surface area contributed by atoms with Crippen LogP contribution in [0.15, 0.2) is 12.3 Å². The number of aromatic nitrogens is 1. The summed E-state index contributed by atoms with van der Waals surface area (Å²) in [5.41, 5.74) is 0.0465. The maximum Gasteiger partial charge on any atom is 0.257 e. The molecular weight excluding hydrogens is 273 g/mol. The van der Waals surface area contributed by atoms with Crippen LogP contribution < -0.4 is 5.32 Å². The van der Waals surface area contributed by atoms with Gasteiger partial charge in [0.05, 0.1) is 17.7 Å². The second-order valence-electron chi connectivity index (χ2n) is 5.30. The van der Waals surface area contributed by atoms with E-state index in [-0.39, 0.29) is 29.4 Å². The number of amides is 1. The third-order valence-corrected chi connectivity index (χ3v) is 3.82. The molecule has 0 aromatic carbocycles. The lowest BCUT2D eigenvalue weighted by Crippen LogP contribution is -2.41. The van der Waals surface area contributed by atoms with E-state index in [0.29, 0.717) is 13.2 Å². The van der Waals surface area contributed by atoms with Gasteiger partial charge in [0.25, 0.3) is 5.91 Å². The lowest BCUT2D eigenvalue weighted by molar-refractivity contribution is 0.0571. The van der Waals surface area contributed by atoms with E-state index in [1.807, 2.05) is 13.8 Å². The van der Waals surface area contributed by atoms with Gasteiger partial charge < -0.3 is 15.0 Å². The van der Waals surface area contributed by atoms with Crippen LogP contribution in [-0.4, -0.2) is 48.1 Å². The predicted octanol–water partition coefficient (Wildman–Crippen LogP) is 2.29. The number of likely N-dealkylation sites (N-methyl/N-ethyl adjacent to an activating group) is 1. The van der Waals surface area contributed by atoms with Gasteiger partial charge in [-0.25, -0.2) is 9.37 Å². The second-order valence-corrected chi connectivity index (χ2v) is 5.30. The van der Waals surface area contributed by atoms with E-state index in [2.05, 4.69) is 10.3 Å². The first kappa shape index (κ1) is 15.7. The molecule has 2 rings (SSSR count). The summed E-state index contributed by atoms with van der Waals surface area (Å²) in [5, 5.41) is 2.89. The Morgan fingerprint density at radius 2 is 2.38 bits per heavy atom. The van der Waals surface area contributed by atoms with Gasteiger partial charge in [0.1, 0.15) is 0 Å². The zero-order chi connectivity index (χ0) is 15.4. The molecule has 0 radical (unpaired) electrons. The first-order valence-electron chi connectivity index (χ1n) is 7.33. The van der Waals surface area contributed by atoms with Crippen molar-refractivity contribution in [2.45, 2.75) is 38.8 Å². The molecule has 1 aromatic heterocycles. The van der Waals surface area contributed by atoms with Crippen molar-refractivity contribution in [1.29, 1.82) is 0 Å². The predicted molar refractivity (Wildman–Crippen MR) is 78.9 cm³/mol. The van der Waals surface area contributed by atoms with Crippen LogP contribution in [0.4, 0.5) is 10.2 Å². The Hall–Kier alpha value is -1.69. The molecule has 0 saturated carbocycles. The van der Waals surface area contributed by atoms with E-state index in [4.69, 9.17) is 4.74 Å². The molecular formula is C15H22FN3O2. The number of carbonyl (C=O) groups is 1. The monoisotopic (exact) mass is 295 g/mol. The van der Waals surface area contributed by atoms with Gasteiger partial charge in [-0.1, -0.05) is 6.92 Å². The summed E-state index contributed by atoms with van der Waals surface area (Å²) in [6.45, 7) is 5.16. The molecule has 0 bridgehead atoms. The summed E-state index contributed by atoms with van der Waals surface area (Å²) in [7, 11) is 1.69. The van der Waals surface area contributed by atoms with Crippen molar-refractivity contribution in [3.05, 3.63) is 23.6 Å². The maximum atomic E-state index is 14.4. The van der Waals surface area contributed by atoms with Crippen LogP contribution in [0.2, 0.25) is 0 Å². The molecule has 116 valence electrons. The Kier molecular flexibility index (Phi) is 5.12. The Labute approximate surface area is 124 Å². The quantitative estimate of drug-likeness (QED) is 0.905. The standard InChI is InChI=1S/C15H22FN3O2/c1-4-7-17-14-13(16)11(5-8-18-14)15(20)19(3)12-6-9-21-10(12)2/h5,8,10,12H,4,6-7,9H2,1-3H3,(H,17,18). The minimum atomic E-state index is -0.589. The fraction of sp³-hybridized carbons (Fsp3) is 0.600. The highest BCUT2D eigenvalue weighted by Gasteiger charge is 2.32. The van der Waals surface area contributed by atoms with Crippen LogP contribution in [0.1, 0.15) is 37.0 Å². The van der Waals surface area contributed by atoms with Crippen molar-refractivity contribution in [2.75, 3.05) is 25.5 Å². The Balaban J connectivity index is 2.18. The maximum absolute atomic E-state index is 14.4. The smallest absolute Gasteiger partial charge is 0.257 e. The lowest BCUT2D eigenvalue weighted by Gasteiger charge is -2.27. The van der Waals surface area contributed by atoms with Crippen LogP contribution in [0.25, 0.3) is 0 Å². The third-order valence-electron chi connectivity index (χ3n) is 3.82. The van der Waals surface area contributed by atoms with Gasteiger partial charge in [-0.15, -0.1) is 0 Å². The molecule has 2 atom stereocenters. The van der Waals surface area contributed by atoms with Gasteiger partial charge in [0.15, 0.2) is 11.6 Å². The summed E-state index contributed by atoms with van der Waals surface area (Å²) in [4.78, 5) is 18.0. The molecule has 21 heavy (non-hydrogen) atoms. The number of halogens is 1. The topological polar surface area (TPSA) is 54.5 Å². The van der Waals surface area contributed by atoms with E-state index in [1.54, 1.807) is 11.9 Å². The summed E-state index contributed by atoms with van der Waals surface area (Å²) in [5.74, 6) is -0.794. The second kappa shape index (κ2) is 6.85. The molecule has 2 heterocycles. The highest BCUT2D eigenvalue weighted by atomic mass is 19.1. The largest absolute Gasteiger partial charge is 0.376 e. The van der Waals surface area contributed by atoms with E-state index >= 15 is 0 Å². The molecule has 6 heteroatoms. The van der Waals surface area contributed by atoms with Gasteiger partial charge >= 0.3 is 0 Å². The van der Waals surface area contributed by atoms with Gasteiger partial charge in [-0.05, 0) is 25.8 Å². The normalized spacial score (nSPS) is 21.3. The fourth-order valence-electron chi connectivity index (χ4n) is 2.55. The van der Waals surface area contributed by atoms with E-state index in [0.717, 1.165) is 12.8 Å². The van der Waals surface area contributed by atoms with Gasteiger partial charge in [-0.3, -0.25) is 4.79 Å². The number of rotatable bonds is 5. The Bertz CT molecular complexity index is 510. The molecule has 1 aliphatic rings. The number of ether oxygens (including phenoxy) is 1. The average molecular weight is 295 g/mol. The summed E-state index contributed by atoms with van der Waals surface area (Å²) >= 11 is 0. The van der Waals surface area contributed by atoms with E-state index < -0.39 is 5.82 Å². The van der Waals surface area contributed by atoms with E-state index in [1.165, 1.54) is 12.3 Å². The fourth-order valence-corrected chi connectivity index (χ4v) is 2.55. The van der Waals surface area contributed by atoms with Crippen molar-refractivity contribution in [3.8, 4) is 0 Å². The van der Waals surface area contributed by atoms with Crippen molar-refractivity contribution in [1.82, 2.24) is 9.88 Å². The number of nitrogens with one attached hydrogen (secondary N) is 1. The minimum absolute atomic E-state index is 0.0166. The molecule has 1 saturated heterocycles. The molecule has 2 unspecified atom stereocenters. The molecule has 0 aliphatic carbocycles. The molecule has 5 nitrogen and oxygen atoms in total. The number of pyridine rings is 1. The number of anilines is 1. The number of nitrogens with zero attached hydrogens (tertiary/aromatic N) is 2. The number of hydrogen-bond donors (Lipinski definition) is 1. The zero-order valence-electron chi connectivity index (χ0n) is 12.7. The van der Waals surface area contributed by atoms with Crippen LogP contribution in [0.3, 0.4) is 0 Å². The van der Waals surface area contributed by atoms with Crippen molar-refractivity contribution in [3.63, 3.8) is 0 Å². The molecule has 1 fully saturated rings. The average Bonchev–Trinajstić information content (AvgIpc) is 2.91. The lowest BCUT2D eigenvalue weighted by atomic mass is 10.1. The van der Waals surface area contributed by atoms with Crippen molar-refractivity contribution in [2.24, 2.45) is 0 Å². The first-order chi connectivity index (χ1) is 10.1. The third kappa shape index (κ3) is 3.32. The van der Waals surface area contributed by atoms with Crippen molar-refractivity contribution >= 4 is 11.7 Å². The summed E-state index contributed by atoms with van der Waals surface area (Å²) in [6, 6.07) is 1.41. The molecule has 1 N–H and O–H groups in total. The highest BCUT2D eigenvalue weighted by Crippen LogP contribution is 2.22. The molecule has 1 aliphatic heterocycles. The molecule has 1 amide bonds.